The lowest BCUT2D eigenvalue weighted by Crippen LogP contribution is -2.48. The monoisotopic (exact) mass is 311 g/mol. The van der Waals surface area contributed by atoms with Gasteiger partial charge in [0.15, 0.2) is 0 Å². The summed E-state index contributed by atoms with van der Waals surface area (Å²) in [6.45, 7) is 8.69. The number of urea groups is 1. The predicted molar refractivity (Wildman–Crippen MR) is 92.1 cm³/mol. The molecule has 1 atom stereocenters. The fourth-order valence-corrected chi connectivity index (χ4v) is 3.46. The number of carbonyl (C=O) groups is 1. The Morgan fingerprint density at radius 2 is 1.91 bits per heavy atom. The van der Waals surface area contributed by atoms with Crippen LogP contribution < -0.4 is 5.32 Å². The second kappa shape index (κ2) is 6.49. The predicted octanol–water partition coefficient (Wildman–Crippen LogP) is 3.72. The van der Waals surface area contributed by atoms with Gasteiger partial charge >= 0.3 is 6.03 Å². The Labute approximate surface area is 138 Å². The maximum absolute atomic E-state index is 12.7. The number of rotatable bonds is 3. The first-order valence-electron chi connectivity index (χ1n) is 8.32. The first kappa shape index (κ1) is 15.7. The fourth-order valence-electron chi connectivity index (χ4n) is 3.46. The second-order valence-electron chi connectivity index (χ2n) is 6.58. The molecule has 4 heteroatoms. The van der Waals surface area contributed by atoms with Gasteiger partial charge in [-0.05, 0) is 30.5 Å². The number of carbonyl (C=O) groups excluding carboxylic acids is 1. The van der Waals surface area contributed by atoms with Crippen molar-refractivity contribution < 1.29 is 4.79 Å². The lowest BCUT2D eigenvalue weighted by atomic mass is 9.97. The van der Waals surface area contributed by atoms with Gasteiger partial charge in [0, 0.05) is 31.0 Å². The van der Waals surface area contributed by atoms with Crippen LogP contribution in [0.2, 0.25) is 0 Å². The molecule has 1 aliphatic rings. The van der Waals surface area contributed by atoms with Crippen molar-refractivity contribution in [1.82, 2.24) is 14.8 Å². The molecule has 0 saturated heterocycles. The Kier molecular flexibility index (Phi) is 4.42. The SMILES string of the molecule is Cc1ccc2n1CCN(C(=O)NCc1ccccc1)[C@@H]2C(C)C. The summed E-state index contributed by atoms with van der Waals surface area (Å²) in [5, 5.41) is 3.07. The third kappa shape index (κ3) is 3.11. The highest BCUT2D eigenvalue weighted by atomic mass is 16.2. The van der Waals surface area contributed by atoms with Crippen molar-refractivity contribution in [2.45, 2.75) is 39.9 Å². The molecule has 3 rings (SSSR count). The molecule has 0 spiro atoms. The van der Waals surface area contributed by atoms with E-state index in [0.29, 0.717) is 12.5 Å². The lowest BCUT2D eigenvalue weighted by Gasteiger charge is -2.39. The van der Waals surface area contributed by atoms with E-state index in [2.05, 4.69) is 42.8 Å². The maximum atomic E-state index is 12.7. The van der Waals surface area contributed by atoms with Crippen molar-refractivity contribution in [3.05, 3.63) is 59.4 Å². The third-order valence-corrected chi connectivity index (χ3v) is 4.61. The number of aryl methyl sites for hydroxylation is 1. The van der Waals surface area contributed by atoms with Gasteiger partial charge in [0.1, 0.15) is 0 Å². The first-order chi connectivity index (χ1) is 11.1. The number of hydrogen-bond acceptors (Lipinski definition) is 1. The van der Waals surface area contributed by atoms with Gasteiger partial charge in [-0.1, -0.05) is 44.2 Å². The molecule has 2 heterocycles. The molecule has 1 aromatic heterocycles. The number of benzene rings is 1. The topological polar surface area (TPSA) is 37.3 Å². The Hall–Kier alpha value is -2.23. The van der Waals surface area contributed by atoms with Gasteiger partial charge in [0.05, 0.1) is 6.04 Å². The van der Waals surface area contributed by atoms with Gasteiger partial charge in [-0.15, -0.1) is 0 Å². The highest BCUT2D eigenvalue weighted by Crippen LogP contribution is 2.33. The minimum absolute atomic E-state index is 0.0256. The number of fused-ring (bicyclic) bond motifs is 1. The molecule has 0 radical (unpaired) electrons. The van der Waals surface area contributed by atoms with E-state index in [0.717, 1.165) is 18.7 Å². The summed E-state index contributed by atoms with van der Waals surface area (Å²) in [5.41, 5.74) is 3.65. The molecule has 0 aliphatic carbocycles. The van der Waals surface area contributed by atoms with Crippen molar-refractivity contribution in [1.29, 1.82) is 0 Å². The number of nitrogens with one attached hydrogen (secondary N) is 1. The Morgan fingerprint density at radius 1 is 1.17 bits per heavy atom. The molecule has 1 aromatic carbocycles. The van der Waals surface area contributed by atoms with E-state index >= 15 is 0 Å². The van der Waals surface area contributed by atoms with Crippen LogP contribution in [0.1, 0.15) is 36.8 Å². The molecule has 0 bridgehead atoms. The van der Waals surface area contributed by atoms with E-state index in [4.69, 9.17) is 0 Å². The standard InChI is InChI=1S/C19H25N3O/c1-14(2)18-17-10-9-15(3)21(17)11-12-22(18)19(23)20-13-16-7-5-4-6-8-16/h4-10,14,18H,11-13H2,1-3H3,(H,20,23)/t18-/m1/s1. The van der Waals surface area contributed by atoms with E-state index in [1.807, 2.05) is 35.2 Å². The van der Waals surface area contributed by atoms with Gasteiger partial charge in [-0.2, -0.15) is 0 Å². The Balaban J connectivity index is 1.75. The zero-order valence-corrected chi connectivity index (χ0v) is 14.1. The number of nitrogens with zero attached hydrogens (tertiary/aromatic N) is 2. The highest BCUT2D eigenvalue weighted by Gasteiger charge is 2.33. The summed E-state index contributed by atoms with van der Waals surface area (Å²) in [7, 11) is 0. The summed E-state index contributed by atoms with van der Waals surface area (Å²) >= 11 is 0. The van der Waals surface area contributed by atoms with E-state index in [1.54, 1.807) is 0 Å². The van der Waals surface area contributed by atoms with Crippen LogP contribution in [0.4, 0.5) is 4.79 Å². The van der Waals surface area contributed by atoms with Crippen LogP contribution in [-0.2, 0) is 13.1 Å². The highest BCUT2D eigenvalue weighted by molar-refractivity contribution is 5.75. The second-order valence-corrected chi connectivity index (χ2v) is 6.58. The summed E-state index contributed by atoms with van der Waals surface area (Å²) in [4.78, 5) is 14.7. The molecule has 2 amide bonds. The van der Waals surface area contributed by atoms with Crippen molar-refractivity contribution >= 4 is 6.03 Å². The van der Waals surface area contributed by atoms with E-state index in [9.17, 15) is 4.79 Å². The minimum Gasteiger partial charge on any atom is -0.345 e. The average molecular weight is 311 g/mol. The van der Waals surface area contributed by atoms with Gasteiger partial charge in [-0.25, -0.2) is 4.79 Å². The Morgan fingerprint density at radius 3 is 2.61 bits per heavy atom. The molecule has 122 valence electrons. The van der Waals surface area contributed by atoms with Gasteiger partial charge in [0.25, 0.3) is 0 Å². The zero-order valence-electron chi connectivity index (χ0n) is 14.1. The summed E-state index contributed by atoms with van der Waals surface area (Å²) < 4.78 is 2.34. The number of hydrogen-bond donors (Lipinski definition) is 1. The van der Waals surface area contributed by atoms with Crippen LogP contribution in [0, 0.1) is 12.8 Å². The van der Waals surface area contributed by atoms with Gasteiger partial charge < -0.3 is 14.8 Å². The van der Waals surface area contributed by atoms with Gasteiger partial charge in [0.2, 0.25) is 0 Å². The average Bonchev–Trinajstić information content (AvgIpc) is 2.94. The molecule has 4 nitrogen and oxygen atoms in total. The maximum Gasteiger partial charge on any atom is 0.318 e. The first-order valence-corrected chi connectivity index (χ1v) is 8.32. The molecule has 1 aliphatic heterocycles. The van der Waals surface area contributed by atoms with Crippen LogP contribution in [0.25, 0.3) is 0 Å². The summed E-state index contributed by atoms with van der Waals surface area (Å²) in [6, 6.07) is 14.5. The van der Waals surface area contributed by atoms with Crippen LogP contribution in [0.5, 0.6) is 0 Å². The normalized spacial score (nSPS) is 17.2. The van der Waals surface area contributed by atoms with E-state index in [1.165, 1.54) is 11.4 Å². The lowest BCUT2D eigenvalue weighted by molar-refractivity contribution is 0.132. The molecule has 0 fully saturated rings. The van der Waals surface area contributed by atoms with Crippen LogP contribution in [0.3, 0.4) is 0 Å². The van der Waals surface area contributed by atoms with Crippen LogP contribution in [0.15, 0.2) is 42.5 Å². The molecule has 2 aromatic rings. The van der Waals surface area contributed by atoms with Crippen LogP contribution >= 0.6 is 0 Å². The quantitative estimate of drug-likeness (QED) is 0.921. The van der Waals surface area contributed by atoms with Crippen molar-refractivity contribution in [3.8, 4) is 0 Å². The Bertz CT molecular complexity index is 675. The van der Waals surface area contributed by atoms with Crippen molar-refractivity contribution in [2.75, 3.05) is 6.54 Å². The van der Waals surface area contributed by atoms with E-state index in [-0.39, 0.29) is 12.1 Å². The number of amides is 2. The molecule has 1 N–H and O–H groups in total. The largest absolute Gasteiger partial charge is 0.345 e. The third-order valence-electron chi connectivity index (χ3n) is 4.61. The summed E-state index contributed by atoms with van der Waals surface area (Å²) in [6.07, 6.45) is 0. The zero-order chi connectivity index (χ0) is 16.4. The van der Waals surface area contributed by atoms with Crippen LogP contribution in [-0.4, -0.2) is 22.0 Å². The molecular weight excluding hydrogens is 286 g/mol. The molecular formula is C19H25N3O. The minimum atomic E-state index is 0.0256. The molecule has 23 heavy (non-hydrogen) atoms. The molecule has 0 saturated carbocycles. The van der Waals surface area contributed by atoms with Gasteiger partial charge in [-0.3, -0.25) is 0 Å². The fraction of sp³-hybridized carbons (Fsp3) is 0.421. The van der Waals surface area contributed by atoms with Crippen molar-refractivity contribution in [3.63, 3.8) is 0 Å². The van der Waals surface area contributed by atoms with E-state index < -0.39 is 0 Å². The molecule has 0 unspecified atom stereocenters. The smallest absolute Gasteiger partial charge is 0.318 e. The summed E-state index contributed by atoms with van der Waals surface area (Å²) in [5.74, 6) is 0.380. The number of aromatic nitrogens is 1. The van der Waals surface area contributed by atoms with Crippen molar-refractivity contribution in [2.24, 2.45) is 5.92 Å².